The fourth-order valence-electron chi connectivity index (χ4n) is 3.08. The maximum Gasteiger partial charge on any atom is 0.247 e. The molecular formula is C19H15N7O. The van der Waals surface area contributed by atoms with Gasteiger partial charge in [0.2, 0.25) is 5.95 Å². The summed E-state index contributed by atoms with van der Waals surface area (Å²) in [4.78, 5) is 4.55. The third-order valence-corrected chi connectivity index (χ3v) is 4.37. The maximum atomic E-state index is 9.77. The lowest BCUT2D eigenvalue weighted by atomic mass is 10.1. The summed E-state index contributed by atoms with van der Waals surface area (Å²) in [5, 5.41) is 25.7. The van der Waals surface area contributed by atoms with Crippen LogP contribution >= 0.6 is 0 Å². The topological polar surface area (TPSA) is 93.2 Å². The quantitative estimate of drug-likeness (QED) is 0.515. The first-order valence-electron chi connectivity index (χ1n) is 8.39. The van der Waals surface area contributed by atoms with E-state index in [-0.39, 0.29) is 5.75 Å². The summed E-state index contributed by atoms with van der Waals surface area (Å²) < 4.78 is 3.47. The van der Waals surface area contributed by atoms with E-state index in [1.54, 1.807) is 27.4 Å². The zero-order valence-corrected chi connectivity index (χ0v) is 14.4. The number of nitrogens with one attached hydrogen (secondary N) is 1. The number of nitrogens with zero attached hydrogens (tertiary/aromatic N) is 6. The van der Waals surface area contributed by atoms with Crippen LogP contribution in [-0.2, 0) is 7.05 Å². The minimum absolute atomic E-state index is 0.209. The monoisotopic (exact) mass is 357 g/mol. The Hall–Kier alpha value is -3.94. The van der Waals surface area contributed by atoms with Crippen molar-refractivity contribution in [3.05, 3.63) is 60.7 Å². The third kappa shape index (κ3) is 2.63. The maximum absolute atomic E-state index is 9.77. The van der Waals surface area contributed by atoms with Gasteiger partial charge >= 0.3 is 0 Å². The number of hydrogen-bond acceptors (Lipinski definition) is 6. The molecule has 5 rings (SSSR count). The highest BCUT2D eigenvalue weighted by Crippen LogP contribution is 2.25. The van der Waals surface area contributed by atoms with Crippen molar-refractivity contribution in [1.82, 2.24) is 29.6 Å². The normalized spacial score (nSPS) is 11.3. The standard InChI is InChI=1S/C19H15N7O/c1-25-17-11-13(8-9-15(17)22-24-25)20-19-21-18-7-3-6-16(26(18)23-19)12-4-2-5-14(27)10-12/h2-11,27H,1H3,(H,20,23). The van der Waals surface area contributed by atoms with Crippen molar-refractivity contribution >= 4 is 28.3 Å². The molecule has 3 aromatic heterocycles. The van der Waals surface area contributed by atoms with E-state index in [4.69, 9.17) is 0 Å². The minimum Gasteiger partial charge on any atom is -0.508 e. The van der Waals surface area contributed by atoms with Gasteiger partial charge in [0.05, 0.1) is 11.2 Å². The van der Waals surface area contributed by atoms with Crippen molar-refractivity contribution in [2.75, 3.05) is 5.32 Å². The van der Waals surface area contributed by atoms with Gasteiger partial charge in [-0.1, -0.05) is 23.4 Å². The van der Waals surface area contributed by atoms with Crippen LogP contribution in [-0.4, -0.2) is 34.7 Å². The Balaban J connectivity index is 1.56. The molecule has 0 aliphatic rings. The van der Waals surface area contributed by atoms with Gasteiger partial charge in [-0.15, -0.1) is 10.2 Å². The molecule has 3 heterocycles. The first-order valence-corrected chi connectivity index (χ1v) is 8.39. The zero-order chi connectivity index (χ0) is 18.4. The summed E-state index contributed by atoms with van der Waals surface area (Å²) in [5.41, 5.74) is 5.01. The summed E-state index contributed by atoms with van der Waals surface area (Å²) in [6.45, 7) is 0. The number of hydrogen-bond donors (Lipinski definition) is 2. The second kappa shape index (κ2) is 5.80. The number of aryl methyl sites for hydroxylation is 1. The molecule has 0 saturated heterocycles. The molecule has 0 aliphatic carbocycles. The summed E-state index contributed by atoms with van der Waals surface area (Å²) in [6, 6.07) is 18.6. The highest BCUT2D eigenvalue weighted by molar-refractivity contribution is 5.79. The molecule has 2 aromatic carbocycles. The van der Waals surface area contributed by atoms with Crippen molar-refractivity contribution < 1.29 is 5.11 Å². The van der Waals surface area contributed by atoms with Crippen LogP contribution in [0.5, 0.6) is 5.75 Å². The molecule has 0 unspecified atom stereocenters. The smallest absolute Gasteiger partial charge is 0.247 e. The zero-order valence-electron chi connectivity index (χ0n) is 14.4. The van der Waals surface area contributed by atoms with Gasteiger partial charge in [-0.05, 0) is 42.5 Å². The van der Waals surface area contributed by atoms with E-state index < -0.39 is 0 Å². The molecule has 8 nitrogen and oxygen atoms in total. The number of phenolic OH excluding ortho intramolecular Hbond substituents is 1. The summed E-state index contributed by atoms with van der Waals surface area (Å²) in [6.07, 6.45) is 0. The molecule has 0 saturated carbocycles. The van der Waals surface area contributed by atoms with Crippen molar-refractivity contribution in [3.63, 3.8) is 0 Å². The Morgan fingerprint density at radius 1 is 1.00 bits per heavy atom. The van der Waals surface area contributed by atoms with Crippen LogP contribution in [0.3, 0.4) is 0 Å². The molecule has 0 amide bonds. The lowest BCUT2D eigenvalue weighted by Crippen LogP contribution is -1.96. The van der Waals surface area contributed by atoms with Crippen LogP contribution in [0.15, 0.2) is 60.7 Å². The Labute approximate surface area is 153 Å². The number of pyridine rings is 1. The molecule has 5 aromatic rings. The highest BCUT2D eigenvalue weighted by atomic mass is 16.3. The number of aromatic hydroxyl groups is 1. The highest BCUT2D eigenvalue weighted by Gasteiger charge is 2.10. The molecule has 0 bridgehead atoms. The lowest BCUT2D eigenvalue weighted by Gasteiger charge is -2.04. The number of fused-ring (bicyclic) bond motifs is 2. The Morgan fingerprint density at radius 2 is 1.89 bits per heavy atom. The predicted octanol–water partition coefficient (Wildman–Crippen LogP) is 3.13. The first kappa shape index (κ1) is 15.3. The molecule has 8 heteroatoms. The molecule has 0 fully saturated rings. The van der Waals surface area contributed by atoms with E-state index in [2.05, 4.69) is 25.7 Å². The largest absolute Gasteiger partial charge is 0.508 e. The third-order valence-electron chi connectivity index (χ3n) is 4.37. The van der Waals surface area contributed by atoms with E-state index in [1.165, 1.54) is 0 Å². The number of rotatable bonds is 3. The van der Waals surface area contributed by atoms with Gasteiger partial charge in [-0.2, -0.15) is 4.98 Å². The molecular weight excluding hydrogens is 342 g/mol. The molecule has 0 spiro atoms. The van der Waals surface area contributed by atoms with Gasteiger partial charge in [0.15, 0.2) is 5.65 Å². The predicted molar refractivity (Wildman–Crippen MR) is 102 cm³/mol. The van der Waals surface area contributed by atoms with Crippen LogP contribution < -0.4 is 5.32 Å². The minimum atomic E-state index is 0.209. The number of aromatic nitrogens is 6. The summed E-state index contributed by atoms with van der Waals surface area (Å²) in [7, 11) is 1.85. The molecule has 132 valence electrons. The lowest BCUT2D eigenvalue weighted by molar-refractivity contribution is 0.475. The average Bonchev–Trinajstić information content (AvgIpc) is 3.24. The van der Waals surface area contributed by atoms with Crippen LogP contribution in [0.4, 0.5) is 11.6 Å². The van der Waals surface area contributed by atoms with Crippen LogP contribution in [0, 0.1) is 0 Å². The van der Waals surface area contributed by atoms with E-state index in [0.29, 0.717) is 11.6 Å². The van der Waals surface area contributed by atoms with E-state index in [0.717, 1.165) is 28.0 Å². The number of phenols is 1. The molecule has 27 heavy (non-hydrogen) atoms. The Morgan fingerprint density at radius 3 is 2.78 bits per heavy atom. The Kier molecular flexibility index (Phi) is 3.29. The van der Waals surface area contributed by atoms with Gasteiger partial charge in [0.1, 0.15) is 11.3 Å². The summed E-state index contributed by atoms with van der Waals surface area (Å²) in [5.74, 6) is 0.693. The second-order valence-electron chi connectivity index (χ2n) is 6.21. The van der Waals surface area contributed by atoms with Crippen molar-refractivity contribution in [1.29, 1.82) is 0 Å². The van der Waals surface area contributed by atoms with Crippen LogP contribution in [0.2, 0.25) is 0 Å². The van der Waals surface area contributed by atoms with Gasteiger partial charge < -0.3 is 10.4 Å². The number of anilines is 2. The Bertz CT molecular complexity index is 1290. The summed E-state index contributed by atoms with van der Waals surface area (Å²) >= 11 is 0. The van der Waals surface area contributed by atoms with Crippen molar-refractivity contribution in [2.45, 2.75) is 0 Å². The first-order chi connectivity index (χ1) is 13.2. The second-order valence-corrected chi connectivity index (χ2v) is 6.21. The SMILES string of the molecule is Cn1nnc2ccc(Nc3nc4cccc(-c5cccc(O)c5)n4n3)cc21. The molecule has 0 atom stereocenters. The fraction of sp³-hybridized carbons (Fsp3) is 0.0526. The molecule has 0 radical (unpaired) electrons. The fourth-order valence-corrected chi connectivity index (χ4v) is 3.08. The molecule has 0 aliphatic heterocycles. The average molecular weight is 357 g/mol. The van der Waals surface area contributed by atoms with E-state index in [9.17, 15) is 5.11 Å². The van der Waals surface area contributed by atoms with E-state index >= 15 is 0 Å². The van der Waals surface area contributed by atoms with Gasteiger partial charge in [-0.25, -0.2) is 9.20 Å². The van der Waals surface area contributed by atoms with Gasteiger partial charge in [0.25, 0.3) is 0 Å². The van der Waals surface area contributed by atoms with Crippen LogP contribution in [0.1, 0.15) is 0 Å². The number of benzene rings is 2. The van der Waals surface area contributed by atoms with Crippen molar-refractivity contribution in [3.8, 4) is 17.0 Å². The van der Waals surface area contributed by atoms with Crippen LogP contribution in [0.25, 0.3) is 27.9 Å². The van der Waals surface area contributed by atoms with Gasteiger partial charge in [-0.3, -0.25) is 0 Å². The molecule has 2 N–H and O–H groups in total. The van der Waals surface area contributed by atoms with Gasteiger partial charge in [0, 0.05) is 18.3 Å². The van der Waals surface area contributed by atoms with E-state index in [1.807, 2.05) is 49.5 Å². The van der Waals surface area contributed by atoms with Crippen molar-refractivity contribution in [2.24, 2.45) is 7.05 Å².